The van der Waals surface area contributed by atoms with Crippen molar-refractivity contribution >= 4 is 5.97 Å². The van der Waals surface area contributed by atoms with E-state index in [1.54, 1.807) is 12.3 Å². The molecule has 0 aliphatic rings. The number of aromatic carboxylic acids is 1. The standard InChI is InChI=1S/C10H13NO2/c1-10(2,3)7-4-5-8(9(12)13)11-6-7/h4-6H,1-3H3,(H,12,13). The normalized spacial score (nSPS) is 11.3. The third-order valence-corrected chi connectivity index (χ3v) is 1.85. The van der Waals surface area contributed by atoms with E-state index in [2.05, 4.69) is 25.8 Å². The van der Waals surface area contributed by atoms with Crippen LogP contribution < -0.4 is 0 Å². The molecule has 0 bridgehead atoms. The van der Waals surface area contributed by atoms with E-state index in [0.29, 0.717) is 0 Å². The summed E-state index contributed by atoms with van der Waals surface area (Å²) < 4.78 is 0. The quantitative estimate of drug-likeness (QED) is 0.718. The Morgan fingerprint density at radius 2 is 2.00 bits per heavy atom. The van der Waals surface area contributed by atoms with Crippen molar-refractivity contribution in [1.82, 2.24) is 4.98 Å². The molecule has 1 aromatic rings. The summed E-state index contributed by atoms with van der Waals surface area (Å²) in [6.07, 6.45) is 1.61. The second kappa shape index (κ2) is 3.17. The zero-order chi connectivity index (χ0) is 10.1. The lowest BCUT2D eigenvalue weighted by Gasteiger charge is -2.17. The van der Waals surface area contributed by atoms with Crippen LogP contribution in [0.2, 0.25) is 0 Å². The van der Waals surface area contributed by atoms with Crippen molar-refractivity contribution in [2.24, 2.45) is 0 Å². The molecule has 1 N–H and O–H groups in total. The lowest BCUT2D eigenvalue weighted by atomic mass is 9.88. The molecule has 1 heterocycles. The monoisotopic (exact) mass is 179 g/mol. The van der Waals surface area contributed by atoms with Crippen LogP contribution in [0, 0.1) is 0 Å². The van der Waals surface area contributed by atoms with Gasteiger partial charge >= 0.3 is 5.97 Å². The van der Waals surface area contributed by atoms with E-state index in [0.717, 1.165) is 5.56 Å². The maximum absolute atomic E-state index is 10.5. The molecule has 70 valence electrons. The number of carboxylic acid groups (broad SMARTS) is 1. The van der Waals surface area contributed by atoms with Gasteiger partial charge in [0.25, 0.3) is 0 Å². The summed E-state index contributed by atoms with van der Waals surface area (Å²) in [6, 6.07) is 3.33. The maximum Gasteiger partial charge on any atom is 0.354 e. The van der Waals surface area contributed by atoms with Crippen molar-refractivity contribution in [3.05, 3.63) is 29.6 Å². The van der Waals surface area contributed by atoms with Gasteiger partial charge in [0.05, 0.1) is 0 Å². The number of rotatable bonds is 1. The molecule has 0 radical (unpaired) electrons. The Morgan fingerprint density at radius 1 is 1.38 bits per heavy atom. The molecule has 0 amide bonds. The number of hydrogen-bond donors (Lipinski definition) is 1. The number of hydrogen-bond acceptors (Lipinski definition) is 2. The molecule has 3 nitrogen and oxygen atoms in total. The molecule has 0 unspecified atom stereocenters. The van der Waals surface area contributed by atoms with Crippen LogP contribution >= 0.6 is 0 Å². The number of pyridine rings is 1. The van der Waals surface area contributed by atoms with E-state index in [9.17, 15) is 4.79 Å². The van der Waals surface area contributed by atoms with Crippen molar-refractivity contribution in [2.45, 2.75) is 26.2 Å². The summed E-state index contributed by atoms with van der Waals surface area (Å²) in [5, 5.41) is 8.62. The van der Waals surface area contributed by atoms with Gasteiger partial charge in [-0.3, -0.25) is 0 Å². The summed E-state index contributed by atoms with van der Waals surface area (Å²) >= 11 is 0. The molecule has 3 heteroatoms. The minimum absolute atomic E-state index is 0.0179. The Bertz CT molecular complexity index is 309. The topological polar surface area (TPSA) is 50.2 Å². The van der Waals surface area contributed by atoms with Crippen LogP contribution in [0.1, 0.15) is 36.8 Å². The van der Waals surface area contributed by atoms with E-state index < -0.39 is 5.97 Å². The molecule has 0 aliphatic carbocycles. The SMILES string of the molecule is CC(C)(C)c1ccc(C(=O)O)nc1. The zero-order valence-electron chi connectivity index (χ0n) is 8.03. The summed E-state index contributed by atoms with van der Waals surface area (Å²) in [5.41, 5.74) is 1.15. The highest BCUT2D eigenvalue weighted by Gasteiger charge is 2.14. The van der Waals surface area contributed by atoms with Crippen molar-refractivity contribution in [1.29, 1.82) is 0 Å². The molecule has 0 aromatic carbocycles. The Labute approximate surface area is 77.4 Å². The molecule has 0 aliphatic heterocycles. The molecule has 0 saturated heterocycles. The van der Waals surface area contributed by atoms with E-state index in [-0.39, 0.29) is 11.1 Å². The largest absolute Gasteiger partial charge is 0.477 e. The van der Waals surface area contributed by atoms with Crippen LogP contribution in [0.5, 0.6) is 0 Å². The molecule has 1 rings (SSSR count). The van der Waals surface area contributed by atoms with Gasteiger partial charge in [0.15, 0.2) is 0 Å². The van der Waals surface area contributed by atoms with Crippen molar-refractivity contribution in [3.63, 3.8) is 0 Å². The summed E-state index contributed by atoms with van der Waals surface area (Å²) in [5.74, 6) is -0.986. The molecule has 0 atom stereocenters. The number of nitrogens with zero attached hydrogens (tertiary/aromatic N) is 1. The second-order valence-electron chi connectivity index (χ2n) is 3.99. The molecule has 1 aromatic heterocycles. The molecule has 0 saturated carbocycles. The van der Waals surface area contributed by atoms with Gasteiger partial charge < -0.3 is 5.11 Å². The van der Waals surface area contributed by atoms with Gasteiger partial charge in [0, 0.05) is 6.20 Å². The smallest absolute Gasteiger partial charge is 0.354 e. The van der Waals surface area contributed by atoms with E-state index in [4.69, 9.17) is 5.11 Å². The molecular weight excluding hydrogens is 166 g/mol. The van der Waals surface area contributed by atoms with E-state index in [1.807, 2.05) is 0 Å². The summed E-state index contributed by atoms with van der Waals surface area (Å²) in [4.78, 5) is 14.3. The third-order valence-electron chi connectivity index (χ3n) is 1.85. The van der Waals surface area contributed by atoms with Gasteiger partial charge in [-0.25, -0.2) is 9.78 Å². The van der Waals surface area contributed by atoms with Crippen LogP contribution in [0.25, 0.3) is 0 Å². The van der Waals surface area contributed by atoms with Crippen LogP contribution in [-0.4, -0.2) is 16.1 Å². The Morgan fingerprint density at radius 3 is 2.31 bits per heavy atom. The fourth-order valence-electron chi connectivity index (χ4n) is 0.964. The fraction of sp³-hybridized carbons (Fsp3) is 0.400. The highest BCUT2D eigenvalue weighted by molar-refractivity contribution is 5.85. The lowest BCUT2D eigenvalue weighted by molar-refractivity contribution is 0.0690. The van der Waals surface area contributed by atoms with Gasteiger partial charge in [-0.1, -0.05) is 26.8 Å². The Balaban J connectivity index is 3.01. The minimum atomic E-state index is -0.986. The first-order chi connectivity index (χ1) is 5.91. The van der Waals surface area contributed by atoms with Crippen LogP contribution in [0.15, 0.2) is 18.3 Å². The van der Waals surface area contributed by atoms with Gasteiger partial charge in [-0.15, -0.1) is 0 Å². The molecule has 0 fully saturated rings. The average Bonchev–Trinajstić information content (AvgIpc) is 2.03. The third kappa shape index (κ3) is 2.28. The maximum atomic E-state index is 10.5. The second-order valence-corrected chi connectivity index (χ2v) is 3.99. The number of carbonyl (C=O) groups is 1. The van der Waals surface area contributed by atoms with Gasteiger partial charge in [-0.2, -0.15) is 0 Å². The van der Waals surface area contributed by atoms with Crippen molar-refractivity contribution in [3.8, 4) is 0 Å². The highest BCUT2D eigenvalue weighted by Crippen LogP contribution is 2.20. The van der Waals surface area contributed by atoms with Crippen LogP contribution in [-0.2, 0) is 5.41 Å². The van der Waals surface area contributed by atoms with Gasteiger partial charge in [0.1, 0.15) is 5.69 Å². The first-order valence-electron chi connectivity index (χ1n) is 4.11. The predicted octanol–water partition coefficient (Wildman–Crippen LogP) is 2.08. The fourth-order valence-corrected chi connectivity index (χ4v) is 0.964. The summed E-state index contributed by atoms with van der Waals surface area (Å²) in [7, 11) is 0. The van der Waals surface area contributed by atoms with Crippen LogP contribution in [0.3, 0.4) is 0 Å². The summed E-state index contributed by atoms with van der Waals surface area (Å²) in [6.45, 7) is 6.18. The molecular formula is C10H13NO2. The first kappa shape index (κ1) is 9.71. The molecule has 0 spiro atoms. The number of aromatic nitrogens is 1. The van der Waals surface area contributed by atoms with E-state index in [1.165, 1.54) is 6.07 Å². The first-order valence-corrected chi connectivity index (χ1v) is 4.11. The highest BCUT2D eigenvalue weighted by atomic mass is 16.4. The Kier molecular flexibility index (Phi) is 2.36. The Hall–Kier alpha value is -1.38. The van der Waals surface area contributed by atoms with Crippen molar-refractivity contribution in [2.75, 3.05) is 0 Å². The van der Waals surface area contributed by atoms with Crippen molar-refractivity contribution < 1.29 is 9.90 Å². The lowest BCUT2D eigenvalue weighted by Crippen LogP contribution is -2.12. The minimum Gasteiger partial charge on any atom is -0.477 e. The molecule has 13 heavy (non-hydrogen) atoms. The van der Waals surface area contributed by atoms with Gasteiger partial charge in [0.2, 0.25) is 0 Å². The average molecular weight is 179 g/mol. The zero-order valence-corrected chi connectivity index (χ0v) is 8.03. The van der Waals surface area contributed by atoms with Gasteiger partial charge in [-0.05, 0) is 17.0 Å². The number of carboxylic acids is 1. The van der Waals surface area contributed by atoms with Crippen LogP contribution in [0.4, 0.5) is 0 Å². The van der Waals surface area contributed by atoms with E-state index >= 15 is 0 Å². The predicted molar refractivity (Wildman–Crippen MR) is 49.9 cm³/mol.